The predicted molar refractivity (Wildman–Crippen MR) is 114 cm³/mol. The van der Waals surface area contributed by atoms with Gasteiger partial charge in [0.25, 0.3) is 0 Å². The number of anilines is 2. The maximum absolute atomic E-state index is 6.18. The molecule has 0 amide bonds. The molecule has 26 heavy (non-hydrogen) atoms. The highest BCUT2D eigenvalue weighted by atomic mass is 14.6. The lowest BCUT2D eigenvalue weighted by Gasteiger charge is -2.38. The standard InChI is InChI=1S/C24H30N2/c1-16-14-18(23(2,3)4)12-13-24(16,5)22-15-20(26)10-11-21(22)17-6-8-19(25)9-7-17/h6-12,14-15H,13,25-26H2,1-5H3. The summed E-state index contributed by atoms with van der Waals surface area (Å²) in [5.41, 5.74) is 20.2. The normalized spacial score (nSPS) is 20.5. The van der Waals surface area contributed by atoms with E-state index in [1.165, 1.54) is 27.8 Å². The molecule has 136 valence electrons. The molecule has 0 heterocycles. The van der Waals surface area contributed by atoms with Crippen molar-refractivity contribution in [3.63, 3.8) is 0 Å². The molecule has 0 aromatic heterocycles. The average Bonchev–Trinajstić information content (AvgIpc) is 2.57. The smallest absolute Gasteiger partial charge is 0.0317 e. The summed E-state index contributed by atoms with van der Waals surface area (Å²) in [6, 6.07) is 14.4. The summed E-state index contributed by atoms with van der Waals surface area (Å²) in [6.07, 6.45) is 5.73. The monoisotopic (exact) mass is 346 g/mol. The number of hydrogen-bond acceptors (Lipinski definition) is 2. The van der Waals surface area contributed by atoms with Crippen molar-refractivity contribution in [2.75, 3.05) is 11.5 Å². The fraction of sp³-hybridized carbons (Fsp3) is 0.333. The lowest BCUT2D eigenvalue weighted by Crippen LogP contribution is -2.28. The highest BCUT2D eigenvalue weighted by molar-refractivity contribution is 5.74. The van der Waals surface area contributed by atoms with Gasteiger partial charge in [0.15, 0.2) is 0 Å². The maximum Gasteiger partial charge on any atom is 0.0317 e. The summed E-state index contributed by atoms with van der Waals surface area (Å²) in [5.74, 6) is 0. The zero-order valence-corrected chi connectivity index (χ0v) is 16.6. The van der Waals surface area contributed by atoms with Crippen molar-refractivity contribution in [3.8, 4) is 11.1 Å². The topological polar surface area (TPSA) is 52.0 Å². The molecule has 0 radical (unpaired) electrons. The van der Waals surface area contributed by atoms with Gasteiger partial charge in [0, 0.05) is 16.8 Å². The maximum atomic E-state index is 6.18. The molecular formula is C24H30N2. The van der Waals surface area contributed by atoms with Gasteiger partial charge in [0.2, 0.25) is 0 Å². The van der Waals surface area contributed by atoms with Crippen molar-refractivity contribution >= 4 is 11.4 Å². The van der Waals surface area contributed by atoms with E-state index in [0.29, 0.717) is 0 Å². The van der Waals surface area contributed by atoms with Crippen LogP contribution in [0.1, 0.15) is 46.6 Å². The molecule has 0 saturated carbocycles. The van der Waals surface area contributed by atoms with Crippen LogP contribution in [0.3, 0.4) is 0 Å². The third-order valence-corrected chi connectivity index (χ3v) is 5.70. The van der Waals surface area contributed by atoms with Crippen LogP contribution in [0.15, 0.2) is 65.8 Å². The van der Waals surface area contributed by atoms with Crippen molar-refractivity contribution in [2.45, 2.75) is 46.5 Å². The summed E-state index contributed by atoms with van der Waals surface area (Å²) in [6.45, 7) is 11.4. The summed E-state index contributed by atoms with van der Waals surface area (Å²) in [5, 5.41) is 0. The molecule has 2 heteroatoms. The van der Waals surface area contributed by atoms with E-state index < -0.39 is 0 Å². The Morgan fingerprint density at radius 3 is 2.12 bits per heavy atom. The van der Waals surface area contributed by atoms with Crippen LogP contribution in [-0.4, -0.2) is 0 Å². The first-order valence-electron chi connectivity index (χ1n) is 9.26. The zero-order chi connectivity index (χ0) is 19.1. The van der Waals surface area contributed by atoms with Crippen LogP contribution >= 0.6 is 0 Å². The number of benzene rings is 2. The predicted octanol–water partition coefficient (Wildman–Crippen LogP) is 6.10. The van der Waals surface area contributed by atoms with Gasteiger partial charge in [-0.25, -0.2) is 0 Å². The fourth-order valence-electron chi connectivity index (χ4n) is 3.70. The Kier molecular flexibility index (Phi) is 4.47. The van der Waals surface area contributed by atoms with Crippen LogP contribution in [0.5, 0.6) is 0 Å². The van der Waals surface area contributed by atoms with E-state index in [-0.39, 0.29) is 10.8 Å². The minimum absolute atomic E-state index is 0.0686. The van der Waals surface area contributed by atoms with Gasteiger partial charge in [0.05, 0.1) is 0 Å². The molecule has 0 saturated heterocycles. The number of hydrogen-bond donors (Lipinski definition) is 2. The summed E-state index contributed by atoms with van der Waals surface area (Å²) in [4.78, 5) is 0. The quantitative estimate of drug-likeness (QED) is 0.646. The van der Waals surface area contributed by atoms with E-state index >= 15 is 0 Å². The van der Waals surface area contributed by atoms with Gasteiger partial charge in [-0.2, -0.15) is 0 Å². The zero-order valence-electron chi connectivity index (χ0n) is 16.6. The van der Waals surface area contributed by atoms with Crippen molar-refractivity contribution < 1.29 is 0 Å². The van der Waals surface area contributed by atoms with E-state index in [1.54, 1.807) is 0 Å². The Balaban J connectivity index is 2.12. The van der Waals surface area contributed by atoms with Gasteiger partial charge in [-0.15, -0.1) is 0 Å². The van der Waals surface area contributed by atoms with Crippen molar-refractivity contribution in [2.24, 2.45) is 5.41 Å². The van der Waals surface area contributed by atoms with Crippen molar-refractivity contribution in [1.82, 2.24) is 0 Å². The third kappa shape index (κ3) is 3.29. The highest BCUT2D eigenvalue weighted by Gasteiger charge is 2.34. The Hall–Kier alpha value is -2.48. The van der Waals surface area contributed by atoms with Crippen LogP contribution in [0.4, 0.5) is 11.4 Å². The summed E-state index contributed by atoms with van der Waals surface area (Å²) < 4.78 is 0. The molecule has 3 rings (SSSR count). The summed E-state index contributed by atoms with van der Waals surface area (Å²) >= 11 is 0. The Morgan fingerprint density at radius 1 is 0.923 bits per heavy atom. The van der Waals surface area contributed by atoms with Gasteiger partial charge in [-0.05, 0) is 65.3 Å². The number of nitrogens with two attached hydrogens (primary N) is 2. The van der Waals surface area contributed by atoms with Crippen LogP contribution in [0, 0.1) is 5.41 Å². The van der Waals surface area contributed by atoms with E-state index in [4.69, 9.17) is 11.5 Å². The van der Waals surface area contributed by atoms with E-state index in [2.05, 4.69) is 71.0 Å². The number of allylic oxidation sites excluding steroid dienone is 4. The molecule has 2 aromatic carbocycles. The number of rotatable bonds is 2. The first kappa shape index (κ1) is 18.3. The molecule has 2 nitrogen and oxygen atoms in total. The summed E-state index contributed by atoms with van der Waals surface area (Å²) in [7, 11) is 0. The van der Waals surface area contributed by atoms with Crippen LogP contribution in [0.2, 0.25) is 0 Å². The molecule has 0 bridgehead atoms. The molecule has 1 unspecified atom stereocenters. The second-order valence-corrected chi connectivity index (χ2v) is 8.70. The Morgan fingerprint density at radius 2 is 1.54 bits per heavy atom. The van der Waals surface area contributed by atoms with Crippen LogP contribution < -0.4 is 11.5 Å². The second-order valence-electron chi connectivity index (χ2n) is 8.70. The molecule has 0 fully saturated rings. The molecule has 1 aliphatic carbocycles. The Bertz CT molecular complexity index is 879. The van der Waals surface area contributed by atoms with Gasteiger partial charge >= 0.3 is 0 Å². The van der Waals surface area contributed by atoms with E-state index in [0.717, 1.165) is 17.8 Å². The average molecular weight is 347 g/mol. The first-order valence-corrected chi connectivity index (χ1v) is 9.26. The van der Waals surface area contributed by atoms with E-state index in [9.17, 15) is 0 Å². The molecule has 1 aliphatic rings. The van der Waals surface area contributed by atoms with Crippen molar-refractivity contribution in [1.29, 1.82) is 0 Å². The fourth-order valence-corrected chi connectivity index (χ4v) is 3.70. The van der Waals surface area contributed by atoms with Crippen LogP contribution in [-0.2, 0) is 5.41 Å². The molecule has 0 aliphatic heterocycles. The lowest BCUT2D eigenvalue weighted by atomic mass is 9.66. The molecule has 1 atom stereocenters. The SMILES string of the molecule is CC1=CC(C(C)(C)C)=CCC1(C)c1cc(N)ccc1-c1ccc(N)cc1. The van der Waals surface area contributed by atoms with Crippen LogP contribution in [0.25, 0.3) is 11.1 Å². The Labute approximate surface area is 157 Å². The van der Waals surface area contributed by atoms with Crippen molar-refractivity contribution in [3.05, 3.63) is 71.3 Å². The lowest BCUT2D eigenvalue weighted by molar-refractivity contribution is 0.487. The van der Waals surface area contributed by atoms with Gasteiger partial charge in [-0.1, -0.05) is 63.6 Å². The first-order chi connectivity index (χ1) is 12.1. The molecule has 2 aromatic rings. The molecule has 4 N–H and O–H groups in total. The van der Waals surface area contributed by atoms with Gasteiger partial charge in [0.1, 0.15) is 0 Å². The number of nitrogen functional groups attached to an aromatic ring is 2. The minimum atomic E-state index is -0.0686. The van der Waals surface area contributed by atoms with E-state index in [1.807, 2.05) is 18.2 Å². The largest absolute Gasteiger partial charge is 0.399 e. The minimum Gasteiger partial charge on any atom is -0.399 e. The molecular weight excluding hydrogens is 316 g/mol. The highest BCUT2D eigenvalue weighted by Crippen LogP contribution is 2.46. The molecule has 0 spiro atoms. The van der Waals surface area contributed by atoms with Gasteiger partial charge < -0.3 is 11.5 Å². The second kappa shape index (κ2) is 6.35. The third-order valence-electron chi connectivity index (χ3n) is 5.70. The van der Waals surface area contributed by atoms with Gasteiger partial charge in [-0.3, -0.25) is 0 Å².